The maximum Gasteiger partial charge on any atom is 0.192 e. The molecular formula is C17H25N3O. The third kappa shape index (κ3) is 2.42. The summed E-state index contributed by atoms with van der Waals surface area (Å²) in [5.74, 6) is 1.08. The van der Waals surface area contributed by atoms with Gasteiger partial charge in [0.2, 0.25) is 0 Å². The van der Waals surface area contributed by atoms with Gasteiger partial charge < -0.3 is 15.4 Å². The Morgan fingerprint density at radius 1 is 1.38 bits per heavy atom. The molecule has 2 heterocycles. The van der Waals surface area contributed by atoms with Gasteiger partial charge in [0.25, 0.3) is 0 Å². The SMILES string of the molecule is CC(C)C1(c2ccccc2)CN=C(N)N1CC1CCCO1. The molecule has 1 fully saturated rings. The molecule has 0 radical (unpaired) electrons. The Hall–Kier alpha value is -1.55. The molecule has 3 rings (SSSR count). The first-order chi connectivity index (χ1) is 10.1. The molecule has 2 unspecified atom stereocenters. The largest absolute Gasteiger partial charge is 0.376 e. The van der Waals surface area contributed by atoms with Crippen LogP contribution in [-0.4, -0.2) is 36.7 Å². The predicted octanol–water partition coefficient (Wildman–Crippen LogP) is 2.35. The molecule has 21 heavy (non-hydrogen) atoms. The van der Waals surface area contributed by atoms with Crippen LogP contribution in [0.15, 0.2) is 35.3 Å². The number of hydrogen-bond donors (Lipinski definition) is 1. The molecule has 2 aliphatic heterocycles. The van der Waals surface area contributed by atoms with Gasteiger partial charge in [0.1, 0.15) is 0 Å². The van der Waals surface area contributed by atoms with Crippen LogP contribution in [-0.2, 0) is 10.3 Å². The van der Waals surface area contributed by atoms with Gasteiger partial charge in [-0.1, -0.05) is 44.2 Å². The number of ether oxygens (including phenoxy) is 1. The Morgan fingerprint density at radius 3 is 2.76 bits per heavy atom. The molecule has 0 saturated carbocycles. The second-order valence-electron chi connectivity index (χ2n) is 6.37. The molecule has 1 saturated heterocycles. The normalized spacial score (nSPS) is 29.2. The van der Waals surface area contributed by atoms with E-state index in [-0.39, 0.29) is 11.6 Å². The summed E-state index contributed by atoms with van der Waals surface area (Å²) in [6, 6.07) is 10.6. The van der Waals surface area contributed by atoms with E-state index >= 15 is 0 Å². The van der Waals surface area contributed by atoms with Crippen LogP contribution in [0.25, 0.3) is 0 Å². The van der Waals surface area contributed by atoms with E-state index in [1.165, 1.54) is 5.56 Å². The Balaban J connectivity index is 1.94. The van der Waals surface area contributed by atoms with Crippen LogP contribution in [0.1, 0.15) is 32.3 Å². The van der Waals surface area contributed by atoms with Gasteiger partial charge in [-0.25, -0.2) is 0 Å². The smallest absolute Gasteiger partial charge is 0.192 e. The van der Waals surface area contributed by atoms with E-state index < -0.39 is 0 Å². The zero-order chi connectivity index (χ0) is 14.9. The van der Waals surface area contributed by atoms with Crippen LogP contribution in [0.4, 0.5) is 0 Å². The lowest BCUT2D eigenvalue weighted by molar-refractivity contribution is 0.0489. The fourth-order valence-corrected chi connectivity index (χ4v) is 3.63. The maximum atomic E-state index is 6.23. The van der Waals surface area contributed by atoms with Crippen LogP contribution >= 0.6 is 0 Å². The van der Waals surface area contributed by atoms with Crippen molar-refractivity contribution in [1.29, 1.82) is 0 Å². The highest BCUT2D eigenvalue weighted by Crippen LogP contribution is 2.40. The second kappa shape index (κ2) is 5.68. The van der Waals surface area contributed by atoms with Crippen LogP contribution < -0.4 is 5.73 Å². The van der Waals surface area contributed by atoms with Crippen molar-refractivity contribution in [3.05, 3.63) is 35.9 Å². The Kier molecular flexibility index (Phi) is 3.89. The topological polar surface area (TPSA) is 50.8 Å². The summed E-state index contributed by atoms with van der Waals surface area (Å²) in [4.78, 5) is 6.86. The minimum Gasteiger partial charge on any atom is -0.376 e. The van der Waals surface area contributed by atoms with Crippen LogP contribution in [0.5, 0.6) is 0 Å². The zero-order valence-corrected chi connectivity index (χ0v) is 13.0. The summed E-state index contributed by atoms with van der Waals surface area (Å²) in [7, 11) is 0. The average Bonchev–Trinajstić information content (AvgIpc) is 3.10. The van der Waals surface area contributed by atoms with Gasteiger partial charge in [0, 0.05) is 13.2 Å². The molecule has 0 amide bonds. The first-order valence-corrected chi connectivity index (χ1v) is 7.89. The van der Waals surface area contributed by atoms with Crippen molar-refractivity contribution in [1.82, 2.24) is 4.90 Å². The third-order valence-corrected chi connectivity index (χ3v) is 4.88. The Bertz CT molecular complexity index is 508. The van der Waals surface area contributed by atoms with Gasteiger partial charge in [-0.3, -0.25) is 4.99 Å². The van der Waals surface area contributed by atoms with E-state index in [0.717, 1.165) is 32.5 Å². The molecule has 4 nitrogen and oxygen atoms in total. The quantitative estimate of drug-likeness (QED) is 0.925. The number of nitrogens with zero attached hydrogens (tertiary/aromatic N) is 2. The van der Waals surface area contributed by atoms with Crippen molar-refractivity contribution >= 4 is 5.96 Å². The second-order valence-corrected chi connectivity index (χ2v) is 6.37. The molecule has 1 aromatic carbocycles. The van der Waals surface area contributed by atoms with E-state index in [9.17, 15) is 0 Å². The molecular weight excluding hydrogens is 262 g/mol. The van der Waals surface area contributed by atoms with Crippen molar-refractivity contribution in [2.45, 2.75) is 38.3 Å². The maximum absolute atomic E-state index is 6.23. The number of guanidine groups is 1. The summed E-state index contributed by atoms with van der Waals surface area (Å²) in [5.41, 5.74) is 7.38. The summed E-state index contributed by atoms with van der Waals surface area (Å²) in [5, 5.41) is 0. The minimum atomic E-state index is -0.142. The average molecular weight is 287 g/mol. The molecule has 2 atom stereocenters. The highest BCUT2D eigenvalue weighted by molar-refractivity contribution is 5.81. The first-order valence-electron chi connectivity index (χ1n) is 7.89. The molecule has 0 aliphatic carbocycles. The Morgan fingerprint density at radius 2 is 2.14 bits per heavy atom. The fourth-order valence-electron chi connectivity index (χ4n) is 3.63. The molecule has 0 aromatic heterocycles. The van der Waals surface area contributed by atoms with Crippen LogP contribution in [0.2, 0.25) is 0 Å². The highest BCUT2D eigenvalue weighted by atomic mass is 16.5. The molecule has 114 valence electrons. The Labute approximate surface area is 127 Å². The summed E-state index contributed by atoms with van der Waals surface area (Å²) >= 11 is 0. The van der Waals surface area contributed by atoms with Crippen molar-refractivity contribution in [3.63, 3.8) is 0 Å². The van der Waals surface area contributed by atoms with Crippen molar-refractivity contribution in [2.24, 2.45) is 16.6 Å². The summed E-state index contributed by atoms with van der Waals surface area (Å²) in [6.45, 7) is 6.94. The van der Waals surface area contributed by atoms with E-state index in [0.29, 0.717) is 11.9 Å². The minimum absolute atomic E-state index is 0.142. The van der Waals surface area contributed by atoms with Crippen molar-refractivity contribution < 1.29 is 4.74 Å². The van der Waals surface area contributed by atoms with Gasteiger partial charge in [-0.15, -0.1) is 0 Å². The zero-order valence-electron chi connectivity index (χ0n) is 13.0. The van der Waals surface area contributed by atoms with E-state index in [4.69, 9.17) is 10.5 Å². The van der Waals surface area contributed by atoms with E-state index in [2.05, 4.69) is 54.1 Å². The van der Waals surface area contributed by atoms with Gasteiger partial charge >= 0.3 is 0 Å². The standard InChI is InChI=1S/C17H25N3O/c1-13(2)17(14-7-4-3-5-8-14)12-19-16(18)20(17)11-15-9-6-10-21-15/h3-5,7-8,13,15H,6,9-12H2,1-2H3,(H2,18,19). The lowest BCUT2D eigenvalue weighted by Crippen LogP contribution is -2.54. The van der Waals surface area contributed by atoms with Gasteiger partial charge in [0.15, 0.2) is 5.96 Å². The number of rotatable bonds is 4. The summed E-state index contributed by atoms with van der Waals surface area (Å²) < 4.78 is 5.82. The predicted molar refractivity (Wildman–Crippen MR) is 85.1 cm³/mol. The van der Waals surface area contributed by atoms with Gasteiger partial charge in [0.05, 0.1) is 18.2 Å². The molecule has 0 spiro atoms. The van der Waals surface area contributed by atoms with Gasteiger partial charge in [-0.2, -0.15) is 0 Å². The number of aliphatic imine (C=N–C) groups is 1. The molecule has 0 bridgehead atoms. The molecule has 2 aliphatic rings. The number of hydrogen-bond acceptors (Lipinski definition) is 4. The van der Waals surface area contributed by atoms with Gasteiger partial charge in [-0.05, 0) is 24.3 Å². The van der Waals surface area contributed by atoms with E-state index in [1.54, 1.807) is 0 Å². The van der Waals surface area contributed by atoms with Crippen LogP contribution in [0, 0.1) is 5.92 Å². The third-order valence-electron chi connectivity index (χ3n) is 4.88. The van der Waals surface area contributed by atoms with Crippen molar-refractivity contribution in [2.75, 3.05) is 19.7 Å². The monoisotopic (exact) mass is 287 g/mol. The lowest BCUT2D eigenvalue weighted by Gasteiger charge is -2.44. The number of benzene rings is 1. The molecule has 2 N–H and O–H groups in total. The van der Waals surface area contributed by atoms with Crippen molar-refractivity contribution in [3.8, 4) is 0 Å². The molecule has 4 heteroatoms. The highest BCUT2D eigenvalue weighted by Gasteiger charge is 2.47. The van der Waals surface area contributed by atoms with E-state index in [1.807, 2.05) is 0 Å². The van der Waals surface area contributed by atoms with Crippen LogP contribution in [0.3, 0.4) is 0 Å². The number of nitrogens with two attached hydrogens (primary N) is 1. The lowest BCUT2D eigenvalue weighted by atomic mass is 9.79. The summed E-state index contributed by atoms with van der Waals surface area (Å²) in [6.07, 6.45) is 2.54. The fraction of sp³-hybridized carbons (Fsp3) is 0.588. The first kappa shape index (κ1) is 14.4. The molecule has 1 aromatic rings.